The number of carbonyl (C=O) groups excluding carboxylic acids is 1. The molecule has 2 N–H and O–H groups in total. The largest absolute Gasteiger partial charge is 0.480 e. The minimum atomic E-state index is -3.69. The molecule has 100 valence electrons. The molecule has 0 aliphatic heterocycles. The van der Waals surface area contributed by atoms with Gasteiger partial charge in [0.15, 0.2) is 9.84 Å². The zero-order valence-electron chi connectivity index (χ0n) is 10.0. The molecule has 8 heteroatoms. The number of ether oxygens (including phenoxy) is 1. The number of hydrogen-bond acceptors (Lipinski definition) is 5. The van der Waals surface area contributed by atoms with Gasteiger partial charge >= 0.3 is 12.1 Å². The Balaban J connectivity index is 4.00. The molecule has 0 fully saturated rings. The van der Waals surface area contributed by atoms with Gasteiger partial charge in [0.2, 0.25) is 0 Å². The maximum absolute atomic E-state index is 11.1. The van der Waals surface area contributed by atoms with Crippen molar-refractivity contribution in [2.75, 3.05) is 18.1 Å². The summed E-state index contributed by atoms with van der Waals surface area (Å²) in [5.74, 6) is -2.79. The predicted molar refractivity (Wildman–Crippen MR) is 60.5 cm³/mol. The maximum Gasteiger partial charge on any atom is 0.407 e. The first-order valence-corrected chi connectivity index (χ1v) is 6.73. The Labute approximate surface area is 100 Å². The number of rotatable bonds is 5. The SMILES string of the molecule is CC(C)(C)OC(=O)NCCS(=O)(=O)CC(=O)O. The number of sulfone groups is 1. The van der Waals surface area contributed by atoms with Gasteiger partial charge in [0.05, 0.1) is 5.75 Å². The quantitative estimate of drug-likeness (QED) is 0.726. The molecular formula is C9H17NO6S. The van der Waals surface area contributed by atoms with Crippen LogP contribution in [0.25, 0.3) is 0 Å². The minimum Gasteiger partial charge on any atom is -0.480 e. The molecule has 0 aromatic rings. The second-order valence-corrected chi connectivity index (χ2v) is 6.60. The number of nitrogens with one attached hydrogen (secondary N) is 1. The molecule has 0 saturated heterocycles. The first-order chi connectivity index (χ1) is 7.52. The second kappa shape index (κ2) is 5.85. The average molecular weight is 267 g/mol. The third-order valence-electron chi connectivity index (χ3n) is 1.42. The Morgan fingerprint density at radius 1 is 1.29 bits per heavy atom. The smallest absolute Gasteiger partial charge is 0.407 e. The summed E-state index contributed by atoms with van der Waals surface area (Å²) in [4.78, 5) is 21.3. The monoisotopic (exact) mass is 267 g/mol. The molecule has 0 aromatic carbocycles. The predicted octanol–water partition coefficient (Wildman–Crippen LogP) is 0.0105. The van der Waals surface area contributed by atoms with Crippen molar-refractivity contribution in [3.63, 3.8) is 0 Å². The van der Waals surface area contributed by atoms with Crippen molar-refractivity contribution in [1.82, 2.24) is 5.32 Å². The van der Waals surface area contributed by atoms with Crippen LogP contribution in [-0.4, -0.2) is 49.2 Å². The van der Waals surface area contributed by atoms with Crippen molar-refractivity contribution in [2.24, 2.45) is 0 Å². The Hall–Kier alpha value is -1.31. The number of alkyl carbamates (subject to hydrolysis) is 1. The molecule has 0 aromatic heterocycles. The number of hydrogen-bond donors (Lipinski definition) is 2. The molecule has 0 radical (unpaired) electrons. The van der Waals surface area contributed by atoms with Crippen molar-refractivity contribution in [3.8, 4) is 0 Å². The van der Waals surface area contributed by atoms with Gasteiger partial charge < -0.3 is 15.2 Å². The zero-order chi connectivity index (χ0) is 13.7. The first-order valence-electron chi connectivity index (χ1n) is 4.91. The highest BCUT2D eigenvalue weighted by molar-refractivity contribution is 7.92. The normalized spacial score (nSPS) is 11.9. The number of carbonyl (C=O) groups is 2. The van der Waals surface area contributed by atoms with Crippen LogP contribution in [0.15, 0.2) is 0 Å². The molecule has 0 saturated carbocycles. The van der Waals surface area contributed by atoms with Gasteiger partial charge in [-0.2, -0.15) is 0 Å². The van der Waals surface area contributed by atoms with E-state index in [0.717, 1.165) is 0 Å². The molecule has 17 heavy (non-hydrogen) atoms. The summed E-state index contributed by atoms with van der Waals surface area (Å²) in [7, 11) is -3.69. The fraction of sp³-hybridized carbons (Fsp3) is 0.778. The molecule has 1 amide bonds. The van der Waals surface area contributed by atoms with E-state index in [1.54, 1.807) is 20.8 Å². The number of amides is 1. The van der Waals surface area contributed by atoms with Crippen LogP contribution in [0.3, 0.4) is 0 Å². The molecule has 0 atom stereocenters. The third kappa shape index (κ3) is 9.61. The molecule has 0 unspecified atom stereocenters. The highest BCUT2D eigenvalue weighted by Gasteiger charge is 2.18. The molecule has 0 spiro atoms. The number of aliphatic carboxylic acids is 1. The van der Waals surface area contributed by atoms with Crippen molar-refractivity contribution in [2.45, 2.75) is 26.4 Å². The second-order valence-electron chi connectivity index (χ2n) is 4.41. The third-order valence-corrected chi connectivity index (χ3v) is 2.94. The van der Waals surface area contributed by atoms with Gasteiger partial charge in [-0.05, 0) is 20.8 Å². The van der Waals surface area contributed by atoms with Crippen molar-refractivity contribution in [1.29, 1.82) is 0 Å². The van der Waals surface area contributed by atoms with Gasteiger partial charge in [-0.25, -0.2) is 13.2 Å². The van der Waals surface area contributed by atoms with Gasteiger partial charge in [0.1, 0.15) is 11.4 Å². The van der Waals surface area contributed by atoms with E-state index in [-0.39, 0.29) is 6.54 Å². The summed E-state index contributed by atoms with van der Waals surface area (Å²) in [6.07, 6.45) is -0.733. The fourth-order valence-electron chi connectivity index (χ4n) is 0.883. The van der Waals surface area contributed by atoms with Crippen molar-refractivity contribution in [3.05, 3.63) is 0 Å². The minimum absolute atomic E-state index is 0.176. The van der Waals surface area contributed by atoms with E-state index >= 15 is 0 Å². The van der Waals surface area contributed by atoms with E-state index in [2.05, 4.69) is 5.32 Å². The van der Waals surface area contributed by atoms with Gasteiger partial charge in [0, 0.05) is 6.54 Å². The highest BCUT2D eigenvalue weighted by atomic mass is 32.2. The Morgan fingerprint density at radius 3 is 2.24 bits per heavy atom. The number of carboxylic acids is 1. The van der Waals surface area contributed by atoms with Crippen LogP contribution in [0.5, 0.6) is 0 Å². The molecule has 0 aliphatic carbocycles. The van der Waals surface area contributed by atoms with E-state index in [1.807, 2.05) is 0 Å². The Morgan fingerprint density at radius 2 is 1.82 bits per heavy atom. The molecule has 7 nitrogen and oxygen atoms in total. The lowest BCUT2D eigenvalue weighted by atomic mass is 10.2. The Bertz CT molecular complexity index is 381. The van der Waals surface area contributed by atoms with Crippen LogP contribution in [0, 0.1) is 0 Å². The van der Waals surface area contributed by atoms with Crippen LogP contribution in [0.4, 0.5) is 4.79 Å². The van der Waals surface area contributed by atoms with Gasteiger partial charge in [-0.1, -0.05) is 0 Å². The topological polar surface area (TPSA) is 110 Å². The van der Waals surface area contributed by atoms with Crippen molar-refractivity contribution >= 4 is 21.9 Å². The standard InChI is InChI=1S/C9H17NO6S/c1-9(2,3)16-8(13)10-4-5-17(14,15)6-7(11)12/h4-6H2,1-3H3,(H,10,13)(H,11,12). The van der Waals surface area contributed by atoms with E-state index in [9.17, 15) is 18.0 Å². The molecule has 0 aliphatic rings. The lowest BCUT2D eigenvalue weighted by molar-refractivity contribution is -0.134. The van der Waals surface area contributed by atoms with Crippen LogP contribution >= 0.6 is 0 Å². The van der Waals surface area contributed by atoms with E-state index in [0.29, 0.717) is 0 Å². The van der Waals surface area contributed by atoms with Gasteiger partial charge in [0.25, 0.3) is 0 Å². The van der Waals surface area contributed by atoms with Gasteiger partial charge in [-0.3, -0.25) is 4.79 Å². The Kier molecular flexibility index (Phi) is 5.40. The summed E-state index contributed by atoms with van der Waals surface area (Å²) >= 11 is 0. The van der Waals surface area contributed by atoms with E-state index in [1.165, 1.54) is 0 Å². The summed E-state index contributed by atoms with van der Waals surface area (Å²) < 4.78 is 27.1. The van der Waals surface area contributed by atoms with Crippen LogP contribution < -0.4 is 5.32 Å². The zero-order valence-corrected chi connectivity index (χ0v) is 10.8. The molecule has 0 bridgehead atoms. The van der Waals surface area contributed by atoms with E-state index < -0.39 is 39.0 Å². The molecular weight excluding hydrogens is 250 g/mol. The summed E-state index contributed by atoms with van der Waals surface area (Å²) in [6.45, 7) is 4.85. The van der Waals surface area contributed by atoms with Crippen molar-refractivity contribution < 1.29 is 27.9 Å². The summed E-state index contributed by atoms with van der Waals surface area (Å²) in [5.41, 5.74) is -0.663. The lowest BCUT2D eigenvalue weighted by Crippen LogP contribution is -2.35. The molecule has 0 rings (SSSR count). The average Bonchev–Trinajstić information content (AvgIpc) is 1.95. The number of carboxylic acid groups (broad SMARTS) is 1. The van der Waals surface area contributed by atoms with Crippen LogP contribution in [0.2, 0.25) is 0 Å². The first kappa shape index (κ1) is 15.7. The summed E-state index contributed by atoms with van der Waals surface area (Å²) in [5, 5.41) is 10.6. The van der Waals surface area contributed by atoms with Crippen LogP contribution in [-0.2, 0) is 19.4 Å². The highest BCUT2D eigenvalue weighted by Crippen LogP contribution is 2.06. The lowest BCUT2D eigenvalue weighted by Gasteiger charge is -2.19. The summed E-state index contributed by atoms with van der Waals surface area (Å²) in [6, 6.07) is 0. The molecule has 0 heterocycles. The van der Waals surface area contributed by atoms with E-state index in [4.69, 9.17) is 9.84 Å². The maximum atomic E-state index is 11.1. The van der Waals surface area contributed by atoms with Crippen LogP contribution in [0.1, 0.15) is 20.8 Å². The fourth-order valence-corrected chi connectivity index (χ4v) is 1.82. The van der Waals surface area contributed by atoms with Gasteiger partial charge in [-0.15, -0.1) is 0 Å².